The molecule has 1 aromatic carbocycles. The lowest BCUT2D eigenvalue weighted by Gasteiger charge is -2.25. The normalized spacial score (nSPS) is 19.6. The highest BCUT2D eigenvalue weighted by Crippen LogP contribution is 2.35. The van der Waals surface area contributed by atoms with Gasteiger partial charge in [-0.3, -0.25) is 10.1 Å². The predicted molar refractivity (Wildman–Crippen MR) is 60.2 cm³/mol. The van der Waals surface area contributed by atoms with Crippen molar-refractivity contribution in [3.8, 4) is 0 Å². The van der Waals surface area contributed by atoms with Crippen LogP contribution in [0.3, 0.4) is 0 Å². The molecule has 0 fully saturated rings. The smallest absolute Gasteiger partial charge is 0.317 e. The Labute approximate surface area is 92.9 Å². The first-order valence-electron chi connectivity index (χ1n) is 4.94. The third-order valence-electron chi connectivity index (χ3n) is 2.46. The average molecular weight is 223 g/mol. The lowest BCUT2D eigenvalue weighted by atomic mass is 10.0. The standard InChI is InChI=1S/C11H13NO2S/c13-11(14)7-12-9-5-6-15-10-4-2-1-3-8(9)10/h1-4,9,12H,5-7H2,(H,13,14). The monoisotopic (exact) mass is 223 g/mol. The van der Waals surface area contributed by atoms with Gasteiger partial charge in [-0.2, -0.15) is 0 Å². The molecule has 0 spiro atoms. The number of carbonyl (C=O) groups is 1. The van der Waals surface area contributed by atoms with Crippen molar-refractivity contribution in [1.82, 2.24) is 5.32 Å². The number of benzene rings is 1. The molecule has 0 aromatic heterocycles. The summed E-state index contributed by atoms with van der Waals surface area (Å²) < 4.78 is 0. The molecular weight excluding hydrogens is 210 g/mol. The maximum atomic E-state index is 10.5. The van der Waals surface area contributed by atoms with E-state index >= 15 is 0 Å². The summed E-state index contributed by atoms with van der Waals surface area (Å²) >= 11 is 1.84. The van der Waals surface area contributed by atoms with Crippen LogP contribution in [0.5, 0.6) is 0 Å². The maximum Gasteiger partial charge on any atom is 0.317 e. The molecule has 1 aliphatic rings. The Morgan fingerprint density at radius 3 is 3.13 bits per heavy atom. The van der Waals surface area contributed by atoms with Crippen LogP contribution in [0, 0.1) is 0 Å². The minimum absolute atomic E-state index is 0.0314. The SMILES string of the molecule is O=C(O)CNC1CCSc2ccccc21. The van der Waals surface area contributed by atoms with Crippen molar-refractivity contribution in [3.63, 3.8) is 0 Å². The minimum atomic E-state index is -0.800. The maximum absolute atomic E-state index is 10.5. The molecule has 1 atom stereocenters. The molecule has 0 amide bonds. The molecule has 1 heterocycles. The molecular formula is C11H13NO2S. The van der Waals surface area contributed by atoms with E-state index in [0.29, 0.717) is 0 Å². The van der Waals surface area contributed by atoms with E-state index in [1.807, 2.05) is 23.9 Å². The van der Waals surface area contributed by atoms with Gasteiger partial charge in [0.05, 0.1) is 6.54 Å². The van der Waals surface area contributed by atoms with Gasteiger partial charge in [-0.15, -0.1) is 11.8 Å². The zero-order valence-corrected chi connectivity index (χ0v) is 9.09. The second-order valence-electron chi connectivity index (χ2n) is 3.50. The summed E-state index contributed by atoms with van der Waals surface area (Å²) in [6.45, 7) is 0.0314. The Morgan fingerprint density at radius 2 is 2.33 bits per heavy atom. The number of aliphatic carboxylic acids is 1. The van der Waals surface area contributed by atoms with Gasteiger partial charge in [-0.1, -0.05) is 18.2 Å². The van der Waals surface area contributed by atoms with Gasteiger partial charge < -0.3 is 5.11 Å². The van der Waals surface area contributed by atoms with Gasteiger partial charge in [0.1, 0.15) is 0 Å². The summed E-state index contributed by atoms with van der Waals surface area (Å²) in [5.41, 5.74) is 1.23. The Morgan fingerprint density at radius 1 is 1.53 bits per heavy atom. The van der Waals surface area contributed by atoms with E-state index in [9.17, 15) is 4.79 Å². The average Bonchev–Trinajstić information content (AvgIpc) is 2.26. The van der Waals surface area contributed by atoms with Crippen molar-refractivity contribution < 1.29 is 9.90 Å². The van der Waals surface area contributed by atoms with Gasteiger partial charge >= 0.3 is 5.97 Å². The van der Waals surface area contributed by atoms with E-state index in [0.717, 1.165) is 12.2 Å². The number of carboxylic acids is 1. The lowest BCUT2D eigenvalue weighted by Crippen LogP contribution is -2.29. The highest BCUT2D eigenvalue weighted by Gasteiger charge is 2.19. The first-order chi connectivity index (χ1) is 7.27. The second-order valence-corrected chi connectivity index (χ2v) is 4.64. The second kappa shape index (κ2) is 4.68. The van der Waals surface area contributed by atoms with E-state index in [-0.39, 0.29) is 12.6 Å². The molecule has 4 heteroatoms. The van der Waals surface area contributed by atoms with E-state index in [4.69, 9.17) is 5.11 Å². The van der Waals surface area contributed by atoms with E-state index in [1.165, 1.54) is 10.5 Å². The molecule has 1 aromatic rings. The summed E-state index contributed by atoms with van der Waals surface area (Å²) in [4.78, 5) is 11.8. The molecule has 0 saturated heterocycles. The Kier molecular flexibility index (Phi) is 3.28. The first kappa shape index (κ1) is 10.5. The van der Waals surface area contributed by atoms with Crippen LogP contribution in [0.4, 0.5) is 0 Å². The van der Waals surface area contributed by atoms with E-state index in [2.05, 4.69) is 17.4 Å². The van der Waals surface area contributed by atoms with Crippen molar-refractivity contribution in [2.75, 3.05) is 12.3 Å². The van der Waals surface area contributed by atoms with E-state index in [1.54, 1.807) is 0 Å². The number of hydrogen-bond acceptors (Lipinski definition) is 3. The number of fused-ring (bicyclic) bond motifs is 1. The zero-order valence-electron chi connectivity index (χ0n) is 8.27. The fraction of sp³-hybridized carbons (Fsp3) is 0.364. The number of rotatable bonds is 3. The van der Waals surface area contributed by atoms with Crippen LogP contribution in [-0.2, 0) is 4.79 Å². The van der Waals surface area contributed by atoms with Crippen molar-refractivity contribution in [1.29, 1.82) is 0 Å². The highest BCUT2D eigenvalue weighted by atomic mass is 32.2. The number of hydrogen-bond donors (Lipinski definition) is 2. The quantitative estimate of drug-likeness (QED) is 0.821. The number of nitrogens with one attached hydrogen (secondary N) is 1. The van der Waals surface area contributed by atoms with Gasteiger partial charge in [0.2, 0.25) is 0 Å². The van der Waals surface area contributed by atoms with Gasteiger partial charge in [-0.05, 0) is 23.8 Å². The Balaban J connectivity index is 2.11. The van der Waals surface area contributed by atoms with Gasteiger partial charge in [0.15, 0.2) is 0 Å². The van der Waals surface area contributed by atoms with Crippen LogP contribution in [0.1, 0.15) is 18.0 Å². The van der Waals surface area contributed by atoms with Crippen LogP contribution in [0.2, 0.25) is 0 Å². The van der Waals surface area contributed by atoms with Crippen LogP contribution in [-0.4, -0.2) is 23.4 Å². The summed E-state index contributed by atoms with van der Waals surface area (Å²) in [7, 11) is 0. The lowest BCUT2D eigenvalue weighted by molar-refractivity contribution is -0.136. The molecule has 0 saturated carbocycles. The number of thioether (sulfide) groups is 1. The van der Waals surface area contributed by atoms with Crippen molar-refractivity contribution >= 4 is 17.7 Å². The van der Waals surface area contributed by atoms with E-state index < -0.39 is 5.97 Å². The molecule has 0 bridgehead atoms. The van der Waals surface area contributed by atoms with Crippen molar-refractivity contribution in [2.24, 2.45) is 0 Å². The third kappa shape index (κ3) is 2.52. The molecule has 2 rings (SSSR count). The van der Waals surface area contributed by atoms with Crippen LogP contribution in [0.15, 0.2) is 29.2 Å². The highest BCUT2D eigenvalue weighted by molar-refractivity contribution is 7.99. The fourth-order valence-electron chi connectivity index (χ4n) is 1.76. The predicted octanol–water partition coefficient (Wildman–Crippen LogP) is 1.90. The van der Waals surface area contributed by atoms with Gasteiger partial charge in [0.25, 0.3) is 0 Å². The van der Waals surface area contributed by atoms with Crippen molar-refractivity contribution in [2.45, 2.75) is 17.4 Å². The molecule has 3 nitrogen and oxygen atoms in total. The van der Waals surface area contributed by atoms with Crippen LogP contribution >= 0.6 is 11.8 Å². The molecule has 1 unspecified atom stereocenters. The summed E-state index contributed by atoms with van der Waals surface area (Å²) in [6, 6.07) is 8.37. The fourth-order valence-corrected chi connectivity index (χ4v) is 2.89. The van der Waals surface area contributed by atoms with Crippen molar-refractivity contribution in [3.05, 3.63) is 29.8 Å². The zero-order chi connectivity index (χ0) is 10.7. The first-order valence-corrected chi connectivity index (χ1v) is 5.93. The van der Waals surface area contributed by atoms with Gasteiger partial charge in [-0.25, -0.2) is 0 Å². The number of carboxylic acid groups (broad SMARTS) is 1. The third-order valence-corrected chi connectivity index (χ3v) is 3.58. The topological polar surface area (TPSA) is 49.3 Å². The molecule has 80 valence electrons. The molecule has 0 aliphatic carbocycles. The molecule has 2 N–H and O–H groups in total. The molecule has 1 aliphatic heterocycles. The van der Waals surface area contributed by atoms with Crippen LogP contribution in [0.25, 0.3) is 0 Å². The summed E-state index contributed by atoms with van der Waals surface area (Å²) in [5.74, 6) is 0.250. The summed E-state index contributed by atoms with van der Waals surface area (Å²) in [6.07, 6.45) is 0.995. The summed E-state index contributed by atoms with van der Waals surface area (Å²) in [5, 5.41) is 11.7. The minimum Gasteiger partial charge on any atom is -0.480 e. The van der Waals surface area contributed by atoms with Gasteiger partial charge in [0, 0.05) is 10.9 Å². The molecule has 15 heavy (non-hydrogen) atoms. The Hall–Kier alpha value is -1.00. The largest absolute Gasteiger partial charge is 0.480 e. The molecule has 0 radical (unpaired) electrons. The Bertz CT molecular complexity index is 367. The van der Waals surface area contributed by atoms with Crippen LogP contribution < -0.4 is 5.32 Å².